The number of carbonyl (C=O) groups is 2. The normalized spacial score (nSPS) is 18.2. The first-order chi connectivity index (χ1) is 14.8. The molecule has 2 atom stereocenters. The van der Waals surface area contributed by atoms with Crippen LogP contribution in [0.3, 0.4) is 0 Å². The van der Waals surface area contributed by atoms with Crippen LogP contribution in [0.25, 0.3) is 0 Å². The maximum atomic E-state index is 12.8. The molecule has 1 heterocycles. The van der Waals surface area contributed by atoms with Gasteiger partial charge in [0, 0.05) is 28.3 Å². The smallest absolute Gasteiger partial charge is 0.319 e. The summed E-state index contributed by atoms with van der Waals surface area (Å²) in [7, 11) is 1.20. The third kappa shape index (κ3) is 4.95. The van der Waals surface area contributed by atoms with E-state index in [0.717, 1.165) is 10.0 Å². The second kappa shape index (κ2) is 9.76. The van der Waals surface area contributed by atoms with Crippen molar-refractivity contribution in [3.8, 4) is 6.07 Å². The lowest BCUT2D eigenvalue weighted by Crippen LogP contribution is -2.44. The highest BCUT2D eigenvalue weighted by Crippen LogP contribution is 2.41. The highest BCUT2D eigenvalue weighted by molar-refractivity contribution is 9.10. The van der Waals surface area contributed by atoms with Gasteiger partial charge in [-0.2, -0.15) is 5.26 Å². The number of carbonyl (C=O) groups excluding carboxylic acids is 2. The van der Waals surface area contributed by atoms with Crippen LogP contribution >= 0.6 is 27.7 Å². The van der Waals surface area contributed by atoms with Gasteiger partial charge in [-0.25, -0.2) is 0 Å². The third-order valence-electron chi connectivity index (χ3n) is 4.72. The summed E-state index contributed by atoms with van der Waals surface area (Å²) in [4.78, 5) is 35.5. The van der Waals surface area contributed by atoms with Gasteiger partial charge < -0.3 is 10.1 Å². The number of nitrogens with one attached hydrogen (secondary N) is 1. The molecule has 0 aromatic heterocycles. The zero-order valence-electron chi connectivity index (χ0n) is 16.2. The Bertz CT molecular complexity index is 1110. The summed E-state index contributed by atoms with van der Waals surface area (Å²) in [6, 6.07) is 15.2. The van der Waals surface area contributed by atoms with Crippen molar-refractivity contribution in [3.63, 3.8) is 0 Å². The number of non-ortho nitro benzene ring substituents is 1. The molecule has 1 amide bonds. The molecule has 0 saturated heterocycles. The summed E-state index contributed by atoms with van der Waals surface area (Å²) in [5.74, 6) is -2.91. The van der Waals surface area contributed by atoms with Crippen molar-refractivity contribution >= 4 is 45.3 Å². The predicted molar refractivity (Wildman–Crippen MR) is 118 cm³/mol. The molecular weight excluding hydrogens is 486 g/mol. The van der Waals surface area contributed by atoms with Crippen LogP contribution < -0.4 is 5.32 Å². The van der Waals surface area contributed by atoms with Gasteiger partial charge in [0.25, 0.3) is 5.69 Å². The lowest BCUT2D eigenvalue weighted by Gasteiger charge is -2.31. The van der Waals surface area contributed by atoms with Crippen molar-refractivity contribution in [3.05, 3.63) is 84.8 Å². The molecule has 1 aliphatic rings. The molecule has 8 nitrogen and oxygen atoms in total. The van der Waals surface area contributed by atoms with Crippen molar-refractivity contribution in [2.75, 3.05) is 7.11 Å². The van der Waals surface area contributed by atoms with Crippen LogP contribution in [0.1, 0.15) is 17.0 Å². The number of nitrogens with zero attached hydrogens (tertiary/aromatic N) is 2. The van der Waals surface area contributed by atoms with Gasteiger partial charge in [-0.15, -0.1) is 11.8 Å². The molecular formula is C21H16BrN3O5S. The van der Waals surface area contributed by atoms with E-state index in [4.69, 9.17) is 4.74 Å². The lowest BCUT2D eigenvalue weighted by molar-refractivity contribution is -0.384. The fraction of sp³-hybridized carbons (Fsp3) is 0.190. The number of amides is 1. The van der Waals surface area contributed by atoms with E-state index in [1.807, 2.05) is 0 Å². The molecule has 2 aromatic rings. The topological polar surface area (TPSA) is 122 Å². The number of rotatable bonds is 6. The monoisotopic (exact) mass is 501 g/mol. The van der Waals surface area contributed by atoms with Crippen LogP contribution in [0.2, 0.25) is 0 Å². The molecule has 2 aromatic carbocycles. The summed E-state index contributed by atoms with van der Waals surface area (Å²) in [6.45, 7) is 0. The maximum absolute atomic E-state index is 12.8. The first-order valence-corrected chi connectivity index (χ1v) is 10.8. The van der Waals surface area contributed by atoms with E-state index in [1.54, 1.807) is 36.4 Å². The van der Waals surface area contributed by atoms with Gasteiger partial charge in [0.05, 0.1) is 28.7 Å². The van der Waals surface area contributed by atoms with E-state index in [-0.39, 0.29) is 11.3 Å². The Kier molecular flexibility index (Phi) is 7.09. The number of hydrogen-bond acceptors (Lipinski definition) is 7. The average Bonchev–Trinajstić information content (AvgIpc) is 2.76. The van der Waals surface area contributed by atoms with E-state index in [1.165, 1.54) is 31.0 Å². The second-order valence-electron chi connectivity index (χ2n) is 6.59. The standard InChI is InChI=1S/C21H16BrN3O5S/c1-30-21(27)18-17(13-3-2-4-14(22)9-13)16(10-23)20(24-19(18)26)31-11-12-5-7-15(8-6-12)25(28)29/h2-9,17-18H,11H2,1H3,(H,24,26)/t17-,18+/m1/s1. The van der Waals surface area contributed by atoms with Crippen molar-refractivity contribution in [2.24, 2.45) is 5.92 Å². The van der Waals surface area contributed by atoms with Gasteiger partial charge in [0.1, 0.15) is 5.92 Å². The van der Waals surface area contributed by atoms with Crippen molar-refractivity contribution < 1.29 is 19.2 Å². The molecule has 158 valence electrons. The SMILES string of the molecule is COC(=O)[C@@H]1C(=O)NC(SCc2ccc([N+](=O)[O-])cc2)=C(C#N)[C@H]1c1cccc(Br)c1. The average molecular weight is 502 g/mol. The number of hydrogen-bond donors (Lipinski definition) is 1. The number of esters is 1. The minimum Gasteiger partial charge on any atom is -0.468 e. The first kappa shape index (κ1) is 22.5. The zero-order chi connectivity index (χ0) is 22.5. The number of halogens is 1. The maximum Gasteiger partial charge on any atom is 0.319 e. The molecule has 31 heavy (non-hydrogen) atoms. The van der Waals surface area contributed by atoms with Crippen LogP contribution in [0.4, 0.5) is 5.69 Å². The molecule has 1 N–H and O–H groups in total. The minimum atomic E-state index is -1.20. The van der Waals surface area contributed by atoms with Crippen LogP contribution in [-0.4, -0.2) is 23.9 Å². The van der Waals surface area contributed by atoms with Gasteiger partial charge in [0.15, 0.2) is 0 Å². The number of allylic oxidation sites excluding steroid dienone is 1. The Labute approximate surface area is 190 Å². The van der Waals surface area contributed by atoms with Crippen LogP contribution in [-0.2, 0) is 20.1 Å². The quantitative estimate of drug-likeness (QED) is 0.274. The Morgan fingerprint density at radius 3 is 2.61 bits per heavy atom. The number of benzene rings is 2. The van der Waals surface area contributed by atoms with Crippen molar-refractivity contribution in [1.29, 1.82) is 5.26 Å². The predicted octanol–water partition coefficient (Wildman–Crippen LogP) is 4.03. The number of nitro benzene ring substituents is 1. The highest BCUT2D eigenvalue weighted by Gasteiger charge is 2.44. The van der Waals surface area contributed by atoms with E-state index in [0.29, 0.717) is 16.3 Å². The van der Waals surface area contributed by atoms with E-state index in [2.05, 4.69) is 27.3 Å². The molecule has 0 spiro atoms. The second-order valence-corrected chi connectivity index (χ2v) is 8.49. The molecule has 0 unspecified atom stereocenters. The Morgan fingerprint density at radius 2 is 2.03 bits per heavy atom. The van der Waals surface area contributed by atoms with Gasteiger partial charge in [-0.05, 0) is 23.3 Å². The molecule has 3 rings (SSSR count). The molecule has 0 aliphatic carbocycles. The number of ether oxygens (including phenoxy) is 1. The van der Waals surface area contributed by atoms with Gasteiger partial charge in [-0.3, -0.25) is 19.7 Å². The summed E-state index contributed by atoms with van der Waals surface area (Å²) in [6.07, 6.45) is 0. The van der Waals surface area contributed by atoms with Gasteiger partial charge in [0.2, 0.25) is 5.91 Å². The zero-order valence-corrected chi connectivity index (χ0v) is 18.6. The molecule has 0 radical (unpaired) electrons. The summed E-state index contributed by atoms with van der Waals surface area (Å²) in [5, 5.41) is 23.7. The Morgan fingerprint density at radius 1 is 1.32 bits per heavy atom. The fourth-order valence-electron chi connectivity index (χ4n) is 3.25. The van der Waals surface area contributed by atoms with Crippen molar-refractivity contribution in [2.45, 2.75) is 11.7 Å². The molecule has 0 fully saturated rings. The van der Waals surface area contributed by atoms with E-state index < -0.39 is 28.6 Å². The van der Waals surface area contributed by atoms with Crippen molar-refractivity contribution in [1.82, 2.24) is 5.32 Å². The minimum absolute atomic E-state index is 0.0210. The number of nitriles is 1. The molecule has 1 aliphatic heterocycles. The Hall–Kier alpha value is -3.16. The summed E-state index contributed by atoms with van der Waals surface area (Å²) >= 11 is 4.60. The fourth-order valence-corrected chi connectivity index (χ4v) is 4.67. The van der Waals surface area contributed by atoms with Crippen LogP contribution in [0.5, 0.6) is 0 Å². The van der Waals surface area contributed by atoms with Gasteiger partial charge in [-0.1, -0.05) is 40.2 Å². The largest absolute Gasteiger partial charge is 0.468 e. The molecule has 0 bridgehead atoms. The summed E-state index contributed by atoms with van der Waals surface area (Å²) in [5.41, 5.74) is 1.64. The first-order valence-electron chi connectivity index (χ1n) is 9.00. The summed E-state index contributed by atoms with van der Waals surface area (Å²) < 4.78 is 5.57. The van der Waals surface area contributed by atoms with E-state index >= 15 is 0 Å². The molecule has 0 saturated carbocycles. The third-order valence-corrected chi connectivity index (χ3v) is 6.30. The van der Waals surface area contributed by atoms with Crippen LogP contribution in [0, 0.1) is 27.4 Å². The Balaban J connectivity index is 1.97. The highest BCUT2D eigenvalue weighted by atomic mass is 79.9. The number of nitro groups is 1. The number of methoxy groups -OCH3 is 1. The molecule has 10 heteroatoms. The lowest BCUT2D eigenvalue weighted by atomic mass is 9.78. The van der Waals surface area contributed by atoms with E-state index in [9.17, 15) is 25.0 Å². The van der Waals surface area contributed by atoms with Gasteiger partial charge >= 0.3 is 5.97 Å². The van der Waals surface area contributed by atoms with Crippen LogP contribution in [0.15, 0.2) is 63.6 Å². The number of thioether (sulfide) groups is 1.